The van der Waals surface area contributed by atoms with Crippen LogP contribution in [0.25, 0.3) is 16.7 Å². The van der Waals surface area contributed by atoms with Gasteiger partial charge >= 0.3 is 0 Å². The SMILES string of the molecule is CCn1c(=O)c2ccccc2n2c(CN3CCCS3(=O)=O)nnc12. The predicted molar refractivity (Wildman–Crippen MR) is 89.2 cm³/mol. The monoisotopic (exact) mass is 347 g/mol. The van der Waals surface area contributed by atoms with Crippen molar-refractivity contribution in [3.63, 3.8) is 0 Å². The van der Waals surface area contributed by atoms with Gasteiger partial charge in [-0.15, -0.1) is 10.2 Å². The number of hydrogen-bond acceptors (Lipinski definition) is 5. The van der Waals surface area contributed by atoms with Gasteiger partial charge in [0.15, 0.2) is 5.82 Å². The Morgan fingerprint density at radius 2 is 2.00 bits per heavy atom. The topological polar surface area (TPSA) is 89.6 Å². The van der Waals surface area contributed by atoms with E-state index < -0.39 is 10.0 Å². The molecule has 0 radical (unpaired) electrons. The van der Waals surface area contributed by atoms with E-state index in [4.69, 9.17) is 0 Å². The molecule has 24 heavy (non-hydrogen) atoms. The second-order valence-electron chi connectivity index (χ2n) is 5.82. The largest absolute Gasteiger partial charge is 0.277 e. The molecule has 0 unspecified atom stereocenters. The quantitative estimate of drug-likeness (QED) is 0.692. The Hall–Kier alpha value is -2.26. The smallest absolute Gasteiger partial charge is 0.262 e. The highest BCUT2D eigenvalue weighted by molar-refractivity contribution is 7.89. The molecule has 0 bridgehead atoms. The molecule has 1 aromatic carbocycles. The van der Waals surface area contributed by atoms with Gasteiger partial charge in [0.05, 0.1) is 23.2 Å². The van der Waals surface area contributed by atoms with Crippen molar-refractivity contribution in [2.75, 3.05) is 12.3 Å². The molecule has 1 fully saturated rings. The summed E-state index contributed by atoms with van der Waals surface area (Å²) in [4.78, 5) is 12.6. The molecule has 0 aliphatic carbocycles. The van der Waals surface area contributed by atoms with E-state index in [1.807, 2.05) is 25.1 Å². The normalized spacial score (nSPS) is 17.9. The summed E-state index contributed by atoms with van der Waals surface area (Å²) in [6.45, 7) is 2.99. The first-order chi connectivity index (χ1) is 11.5. The van der Waals surface area contributed by atoms with E-state index in [9.17, 15) is 13.2 Å². The van der Waals surface area contributed by atoms with Crippen molar-refractivity contribution >= 4 is 26.7 Å². The summed E-state index contributed by atoms with van der Waals surface area (Å²) in [6, 6.07) is 7.24. The van der Waals surface area contributed by atoms with Gasteiger partial charge in [0.2, 0.25) is 15.8 Å². The molecule has 3 aromatic rings. The van der Waals surface area contributed by atoms with Gasteiger partial charge in [-0.05, 0) is 25.5 Å². The number of nitrogens with zero attached hydrogens (tertiary/aromatic N) is 5. The van der Waals surface area contributed by atoms with Crippen molar-refractivity contribution in [1.82, 2.24) is 23.5 Å². The number of benzene rings is 1. The van der Waals surface area contributed by atoms with E-state index in [-0.39, 0.29) is 17.9 Å². The van der Waals surface area contributed by atoms with Gasteiger partial charge in [-0.25, -0.2) is 8.42 Å². The molecule has 2 aromatic heterocycles. The van der Waals surface area contributed by atoms with Crippen molar-refractivity contribution in [3.8, 4) is 0 Å². The van der Waals surface area contributed by atoms with Crippen LogP contribution in [-0.4, -0.2) is 44.2 Å². The zero-order chi connectivity index (χ0) is 16.9. The third-order valence-electron chi connectivity index (χ3n) is 4.41. The lowest BCUT2D eigenvalue weighted by atomic mass is 10.2. The summed E-state index contributed by atoms with van der Waals surface area (Å²) < 4.78 is 28.9. The summed E-state index contributed by atoms with van der Waals surface area (Å²) in [6.07, 6.45) is 0.624. The Balaban J connectivity index is 1.98. The number of rotatable bonds is 3. The van der Waals surface area contributed by atoms with Crippen LogP contribution < -0.4 is 5.56 Å². The number of hydrogen-bond donors (Lipinski definition) is 0. The molecule has 0 saturated carbocycles. The minimum absolute atomic E-state index is 0.117. The maximum Gasteiger partial charge on any atom is 0.262 e. The van der Waals surface area contributed by atoms with Crippen LogP contribution in [0.2, 0.25) is 0 Å². The Kier molecular flexibility index (Phi) is 3.43. The number of fused-ring (bicyclic) bond motifs is 3. The summed E-state index contributed by atoms with van der Waals surface area (Å²) in [5.41, 5.74) is 0.576. The minimum Gasteiger partial charge on any atom is -0.277 e. The molecule has 9 heteroatoms. The molecule has 1 saturated heterocycles. The minimum atomic E-state index is -3.23. The second kappa shape index (κ2) is 5.38. The summed E-state index contributed by atoms with van der Waals surface area (Å²) in [7, 11) is -3.23. The Labute approximate surface area is 138 Å². The maximum atomic E-state index is 12.6. The van der Waals surface area contributed by atoms with Gasteiger partial charge in [-0.2, -0.15) is 4.31 Å². The van der Waals surface area contributed by atoms with Gasteiger partial charge in [0.25, 0.3) is 5.56 Å². The third kappa shape index (κ3) is 2.15. The fourth-order valence-corrected chi connectivity index (χ4v) is 4.70. The van der Waals surface area contributed by atoms with Crippen LogP contribution in [0.3, 0.4) is 0 Å². The molecule has 126 valence electrons. The molecule has 0 spiro atoms. The number of sulfonamides is 1. The lowest BCUT2D eigenvalue weighted by molar-refractivity contribution is 0.428. The van der Waals surface area contributed by atoms with Crippen LogP contribution in [0, 0.1) is 0 Å². The van der Waals surface area contributed by atoms with Crippen LogP contribution in [0.1, 0.15) is 19.2 Å². The third-order valence-corrected chi connectivity index (χ3v) is 6.32. The second-order valence-corrected chi connectivity index (χ2v) is 7.91. The first kappa shape index (κ1) is 15.3. The average molecular weight is 347 g/mol. The highest BCUT2D eigenvalue weighted by Gasteiger charge is 2.30. The van der Waals surface area contributed by atoms with E-state index >= 15 is 0 Å². The van der Waals surface area contributed by atoms with Gasteiger partial charge in [-0.3, -0.25) is 13.8 Å². The summed E-state index contributed by atoms with van der Waals surface area (Å²) in [5, 5.41) is 8.88. The first-order valence-corrected chi connectivity index (χ1v) is 9.47. The fraction of sp³-hybridized carbons (Fsp3) is 0.400. The summed E-state index contributed by atoms with van der Waals surface area (Å²) in [5.74, 6) is 1.13. The van der Waals surface area contributed by atoms with Gasteiger partial charge in [-0.1, -0.05) is 12.1 Å². The zero-order valence-corrected chi connectivity index (χ0v) is 14.0. The van der Waals surface area contributed by atoms with Crippen molar-refractivity contribution in [3.05, 3.63) is 40.4 Å². The lowest BCUT2D eigenvalue weighted by Crippen LogP contribution is -2.27. The van der Waals surface area contributed by atoms with Crippen LogP contribution >= 0.6 is 0 Å². The molecule has 4 rings (SSSR count). The molecule has 0 N–H and O–H groups in total. The van der Waals surface area contributed by atoms with Gasteiger partial charge in [0.1, 0.15) is 0 Å². The standard InChI is InChI=1S/C15H17N5O3S/c1-2-19-14(21)11-6-3-4-7-12(11)20-13(16-17-15(19)20)10-18-8-5-9-24(18,22)23/h3-4,6-7H,2,5,8-10H2,1H3. The van der Waals surface area contributed by atoms with Gasteiger partial charge < -0.3 is 0 Å². The number of aromatic nitrogens is 4. The molecule has 0 amide bonds. The van der Waals surface area contributed by atoms with E-state index in [2.05, 4.69) is 10.2 Å². The first-order valence-electron chi connectivity index (χ1n) is 7.86. The predicted octanol–water partition coefficient (Wildman–Crippen LogP) is 0.600. The van der Waals surface area contributed by atoms with E-state index in [1.54, 1.807) is 15.0 Å². The molecular formula is C15H17N5O3S. The van der Waals surface area contributed by atoms with Crippen LogP contribution in [0.15, 0.2) is 29.1 Å². The number of aryl methyl sites for hydroxylation is 1. The molecule has 0 atom stereocenters. The van der Waals surface area contributed by atoms with Crippen molar-refractivity contribution in [2.45, 2.75) is 26.4 Å². The molecule has 8 nitrogen and oxygen atoms in total. The van der Waals surface area contributed by atoms with Crippen LogP contribution in [0.5, 0.6) is 0 Å². The van der Waals surface area contributed by atoms with Crippen LogP contribution in [0.4, 0.5) is 0 Å². The van der Waals surface area contributed by atoms with E-state index in [1.165, 1.54) is 4.31 Å². The maximum absolute atomic E-state index is 12.6. The molecule has 1 aliphatic heterocycles. The van der Waals surface area contributed by atoms with E-state index in [0.29, 0.717) is 42.0 Å². The molecule has 1 aliphatic rings. The Morgan fingerprint density at radius 1 is 1.21 bits per heavy atom. The van der Waals surface area contributed by atoms with Gasteiger partial charge in [0, 0.05) is 13.1 Å². The average Bonchev–Trinajstić information content (AvgIpc) is 3.12. The van der Waals surface area contributed by atoms with Crippen molar-refractivity contribution in [1.29, 1.82) is 0 Å². The van der Waals surface area contributed by atoms with E-state index in [0.717, 1.165) is 0 Å². The summed E-state index contributed by atoms with van der Waals surface area (Å²) >= 11 is 0. The molecule has 3 heterocycles. The van der Waals surface area contributed by atoms with Crippen LogP contribution in [-0.2, 0) is 23.1 Å². The Bertz CT molecular complexity index is 1100. The zero-order valence-electron chi connectivity index (χ0n) is 13.2. The number of para-hydroxylation sites is 1. The lowest BCUT2D eigenvalue weighted by Gasteiger charge is -2.14. The van der Waals surface area contributed by atoms with Crippen molar-refractivity contribution in [2.24, 2.45) is 0 Å². The molecular weight excluding hydrogens is 330 g/mol. The Morgan fingerprint density at radius 3 is 2.71 bits per heavy atom. The highest BCUT2D eigenvalue weighted by Crippen LogP contribution is 2.19. The fourth-order valence-electron chi connectivity index (χ4n) is 3.23. The highest BCUT2D eigenvalue weighted by atomic mass is 32.2. The van der Waals surface area contributed by atoms with Crippen molar-refractivity contribution < 1.29 is 8.42 Å².